The Kier molecular flexibility index (Phi) is 7.17. The van der Waals surface area contributed by atoms with Crippen molar-refractivity contribution in [2.45, 2.75) is 38.0 Å². The van der Waals surface area contributed by atoms with E-state index < -0.39 is 10.0 Å². The fourth-order valence-corrected chi connectivity index (χ4v) is 4.28. The summed E-state index contributed by atoms with van der Waals surface area (Å²) in [6.07, 6.45) is 7.87. The van der Waals surface area contributed by atoms with Crippen LogP contribution < -0.4 is 0 Å². The Balaban J connectivity index is 2.02. The van der Waals surface area contributed by atoms with Crippen molar-refractivity contribution in [3.05, 3.63) is 54.1 Å². The standard InChI is InChI=1S/C20H28N2O3S/c1-4-6-7-8-20(23)21-13-15-22(16-14-21)26(24,25)19-11-9-18(10-12-19)17(3)5-2/h4,6-12,17H,5,13-16H2,1-3H3/b6-4+,8-7+/t17-/m1/s1. The van der Waals surface area contributed by atoms with Gasteiger partial charge < -0.3 is 4.90 Å². The van der Waals surface area contributed by atoms with Gasteiger partial charge in [0.1, 0.15) is 0 Å². The van der Waals surface area contributed by atoms with Gasteiger partial charge >= 0.3 is 0 Å². The zero-order chi connectivity index (χ0) is 19.2. The molecule has 0 spiro atoms. The molecule has 1 heterocycles. The molecule has 0 bridgehead atoms. The summed E-state index contributed by atoms with van der Waals surface area (Å²) in [5.41, 5.74) is 1.15. The number of sulfonamides is 1. The minimum Gasteiger partial charge on any atom is -0.337 e. The maximum Gasteiger partial charge on any atom is 0.246 e. The molecule has 2 rings (SSSR count). The minimum atomic E-state index is -3.52. The monoisotopic (exact) mass is 376 g/mol. The molecular weight excluding hydrogens is 348 g/mol. The number of nitrogens with zero attached hydrogens (tertiary/aromatic N) is 2. The summed E-state index contributed by atoms with van der Waals surface area (Å²) < 4.78 is 27.1. The van der Waals surface area contributed by atoms with Crippen LogP contribution in [0.5, 0.6) is 0 Å². The van der Waals surface area contributed by atoms with E-state index in [-0.39, 0.29) is 5.91 Å². The fourth-order valence-electron chi connectivity index (χ4n) is 2.86. The summed E-state index contributed by atoms with van der Waals surface area (Å²) in [5.74, 6) is 0.329. The highest BCUT2D eigenvalue weighted by Crippen LogP contribution is 2.23. The zero-order valence-electron chi connectivity index (χ0n) is 15.8. The Morgan fingerprint density at radius 2 is 1.73 bits per heavy atom. The quantitative estimate of drug-likeness (QED) is 0.566. The Morgan fingerprint density at radius 1 is 1.12 bits per heavy atom. The normalized spacial score (nSPS) is 17.9. The van der Waals surface area contributed by atoms with Crippen LogP contribution in [0.15, 0.2) is 53.5 Å². The largest absolute Gasteiger partial charge is 0.337 e. The van der Waals surface area contributed by atoms with Crippen molar-refractivity contribution in [3.8, 4) is 0 Å². The number of amides is 1. The topological polar surface area (TPSA) is 57.7 Å². The molecule has 1 amide bonds. The van der Waals surface area contributed by atoms with Crippen molar-refractivity contribution in [1.82, 2.24) is 9.21 Å². The number of carbonyl (C=O) groups excluding carboxylic acids is 1. The lowest BCUT2D eigenvalue weighted by atomic mass is 9.99. The average Bonchev–Trinajstić information content (AvgIpc) is 2.67. The van der Waals surface area contributed by atoms with Gasteiger partial charge in [-0.05, 0) is 37.0 Å². The van der Waals surface area contributed by atoms with Crippen molar-refractivity contribution in [2.24, 2.45) is 0 Å². The molecule has 5 nitrogen and oxygen atoms in total. The maximum atomic E-state index is 12.8. The first-order valence-electron chi connectivity index (χ1n) is 9.08. The lowest BCUT2D eigenvalue weighted by molar-refractivity contribution is -0.127. The maximum absolute atomic E-state index is 12.8. The van der Waals surface area contributed by atoms with Crippen molar-refractivity contribution in [1.29, 1.82) is 0 Å². The molecule has 0 N–H and O–H groups in total. The molecule has 0 radical (unpaired) electrons. The number of carbonyl (C=O) groups is 1. The van der Waals surface area contributed by atoms with Crippen molar-refractivity contribution in [3.63, 3.8) is 0 Å². The first-order chi connectivity index (χ1) is 12.4. The molecule has 1 atom stereocenters. The van der Waals surface area contributed by atoms with E-state index in [1.54, 1.807) is 29.2 Å². The average molecular weight is 377 g/mol. The Hall–Kier alpha value is -1.92. The first kappa shape index (κ1) is 20.4. The molecular formula is C20H28N2O3S. The van der Waals surface area contributed by atoms with Crippen LogP contribution in [0.3, 0.4) is 0 Å². The third kappa shape index (κ3) is 4.83. The molecule has 1 saturated heterocycles. The third-order valence-corrected chi connectivity index (χ3v) is 6.70. The molecule has 1 aliphatic rings. The lowest BCUT2D eigenvalue weighted by Crippen LogP contribution is -2.50. The van der Waals surface area contributed by atoms with Crippen LogP contribution >= 0.6 is 0 Å². The second-order valence-electron chi connectivity index (χ2n) is 6.49. The Morgan fingerprint density at radius 3 is 2.27 bits per heavy atom. The van der Waals surface area contributed by atoms with Gasteiger partial charge in [-0.25, -0.2) is 8.42 Å². The number of allylic oxidation sites excluding steroid dienone is 3. The predicted molar refractivity (Wildman–Crippen MR) is 104 cm³/mol. The second kappa shape index (κ2) is 9.14. The lowest BCUT2D eigenvalue weighted by Gasteiger charge is -2.33. The number of hydrogen-bond donors (Lipinski definition) is 0. The minimum absolute atomic E-state index is 0.0851. The van der Waals surface area contributed by atoms with Crippen molar-refractivity contribution in [2.75, 3.05) is 26.2 Å². The highest BCUT2D eigenvalue weighted by molar-refractivity contribution is 7.89. The van der Waals surface area contributed by atoms with Gasteiger partial charge in [-0.2, -0.15) is 4.31 Å². The van der Waals surface area contributed by atoms with E-state index in [0.717, 1.165) is 12.0 Å². The van der Waals surface area contributed by atoms with Gasteiger partial charge in [-0.3, -0.25) is 4.79 Å². The van der Waals surface area contributed by atoms with Crippen LogP contribution in [-0.4, -0.2) is 49.7 Å². The van der Waals surface area contributed by atoms with Crippen LogP contribution in [-0.2, 0) is 14.8 Å². The second-order valence-corrected chi connectivity index (χ2v) is 8.43. The van der Waals surface area contributed by atoms with Gasteiger partial charge in [0.2, 0.25) is 15.9 Å². The molecule has 1 aromatic carbocycles. The molecule has 6 heteroatoms. The summed E-state index contributed by atoms with van der Waals surface area (Å²) in [7, 11) is -3.52. The van der Waals surface area contributed by atoms with Gasteiger partial charge in [0, 0.05) is 32.3 Å². The van der Waals surface area contributed by atoms with Gasteiger partial charge in [-0.15, -0.1) is 0 Å². The van der Waals surface area contributed by atoms with Gasteiger partial charge in [-0.1, -0.05) is 44.2 Å². The van der Waals surface area contributed by atoms with E-state index in [2.05, 4.69) is 13.8 Å². The summed E-state index contributed by atoms with van der Waals surface area (Å²) in [6, 6.07) is 7.17. The van der Waals surface area contributed by atoms with Crippen LogP contribution in [0.2, 0.25) is 0 Å². The molecule has 1 aliphatic heterocycles. The first-order valence-corrected chi connectivity index (χ1v) is 10.5. The summed E-state index contributed by atoms with van der Waals surface area (Å²) in [6.45, 7) is 7.58. The molecule has 0 aliphatic carbocycles. The van der Waals surface area contributed by atoms with Gasteiger partial charge in [0.25, 0.3) is 0 Å². The van der Waals surface area contributed by atoms with Gasteiger partial charge in [0.05, 0.1) is 4.90 Å². The van der Waals surface area contributed by atoms with Crippen LogP contribution in [0, 0.1) is 0 Å². The predicted octanol–water partition coefficient (Wildman–Crippen LogP) is 3.17. The van der Waals surface area contributed by atoms with Crippen LogP contribution in [0.4, 0.5) is 0 Å². The van der Waals surface area contributed by atoms with E-state index >= 15 is 0 Å². The number of piperazine rings is 1. The van der Waals surface area contributed by atoms with Crippen LogP contribution in [0.25, 0.3) is 0 Å². The Labute approximate surface area is 157 Å². The van der Waals surface area contributed by atoms with Crippen LogP contribution in [0.1, 0.15) is 38.7 Å². The smallest absolute Gasteiger partial charge is 0.246 e. The molecule has 26 heavy (non-hydrogen) atoms. The fraction of sp³-hybridized carbons (Fsp3) is 0.450. The number of rotatable bonds is 6. The molecule has 142 valence electrons. The summed E-state index contributed by atoms with van der Waals surface area (Å²) in [4.78, 5) is 14.1. The van der Waals surface area contributed by atoms with E-state index in [1.807, 2.05) is 25.1 Å². The number of benzene rings is 1. The molecule has 0 unspecified atom stereocenters. The van der Waals surface area contributed by atoms with Crippen molar-refractivity contribution >= 4 is 15.9 Å². The number of hydrogen-bond acceptors (Lipinski definition) is 3. The molecule has 1 fully saturated rings. The summed E-state index contributed by atoms with van der Waals surface area (Å²) in [5, 5.41) is 0. The van der Waals surface area contributed by atoms with Gasteiger partial charge in [0.15, 0.2) is 0 Å². The molecule has 1 aromatic rings. The van der Waals surface area contributed by atoms with E-state index in [9.17, 15) is 13.2 Å². The third-order valence-electron chi connectivity index (χ3n) is 4.79. The van der Waals surface area contributed by atoms with E-state index in [0.29, 0.717) is 37.0 Å². The SMILES string of the molecule is C/C=C/C=C/C(=O)N1CCN(S(=O)(=O)c2ccc([C@H](C)CC)cc2)CC1. The molecule has 0 aromatic heterocycles. The zero-order valence-corrected chi connectivity index (χ0v) is 16.6. The Bertz CT molecular complexity index is 759. The summed E-state index contributed by atoms with van der Waals surface area (Å²) >= 11 is 0. The molecule has 0 saturated carbocycles. The van der Waals surface area contributed by atoms with Crippen molar-refractivity contribution < 1.29 is 13.2 Å². The van der Waals surface area contributed by atoms with E-state index in [4.69, 9.17) is 0 Å². The highest BCUT2D eigenvalue weighted by Gasteiger charge is 2.29. The van der Waals surface area contributed by atoms with E-state index in [1.165, 1.54) is 10.4 Å². The highest BCUT2D eigenvalue weighted by atomic mass is 32.2.